The maximum Gasteiger partial charge on any atom is 0.143 e. The highest BCUT2D eigenvalue weighted by atomic mass is 32.1. The third-order valence-electron chi connectivity index (χ3n) is 15.3. The molecule has 0 saturated carbocycles. The Hall–Kier alpha value is -8.48. The van der Waals surface area contributed by atoms with Crippen LogP contribution in [0.1, 0.15) is 18.4 Å². The van der Waals surface area contributed by atoms with E-state index >= 15 is 0 Å². The Morgan fingerprint density at radius 2 is 0.986 bits per heavy atom. The van der Waals surface area contributed by atoms with Crippen LogP contribution in [0, 0.1) is 0 Å². The second-order valence-corrected chi connectivity index (χ2v) is 21.4. The molecule has 0 fully saturated rings. The quantitative estimate of drug-likeness (QED) is 0.159. The van der Waals surface area contributed by atoms with Crippen LogP contribution in [0.25, 0.3) is 95.7 Å². The first-order valence-electron chi connectivity index (χ1n) is 24.7. The van der Waals surface area contributed by atoms with Gasteiger partial charge in [-0.2, -0.15) is 0 Å². The highest BCUT2D eigenvalue weighted by Gasteiger charge is 2.48. The Morgan fingerprint density at radius 3 is 1.68 bits per heavy atom. The fourth-order valence-corrected chi connectivity index (χ4v) is 14.6. The zero-order valence-corrected chi connectivity index (χ0v) is 40.9. The Balaban J connectivity index is 0.832. The van der Waals surface area contributed by atoms with Crippen molar-refractivity contribution in [1.29, 1.82) is 0 Å². The van der Waals surface area contributed by atoms with Crippen LogP contribution >= 0.6 is 22.7 Å². The molecule has 72 heavy (non-hydrogen) atoms. The van der Waals surface area contributed by atoms with E-state index in [9.17, 15) is 0 Å². The minimum Gasteiger partial charge on any atom is -0.455 e. The predicted octanol–water partition coefficient (Wildman–Crippen LogP) is 19.9. The largest absolute Gasteiger partial charge is 0.455 e. The van der Waals surface area contributed by atoms with E-state index in [0.717, 1.165) is 50.1 Å². The summed E-state index contributed by atoms with van der Waals surface area (Å²) in [6, 6.07) is 79.9. The normalized spacial score (nSPS) is 16.2. The van der Waals surface area contributed by atoms with Crippen LogP contribution in [0.2, 0.25) is 0 Å². The summed E-state index contributed by atoms with van der Waals surface area (Å²) in [5.74, 6) is 0.231. The SMILES string of the molecule is CC12C=CC=CC1c1c(ccc3c1sc1c(-c4ccc(N(c5ccc(-c6cccc7c6oc6ccccc67)cc5)c5ccc(-c6cccc7c6sc6ccccc67)cc5)cc4)cccc13)N2c1ccccc1. The van der Waals surface area contributed by atoms with Crippen LogP contribution in [-0.4, -0.2) is 5.54 Å². The summed E-state index contributed by atoms with van der Waals surface area (Å²) < 4.78 is 11.8. The lowest BCUT2D eigenvalue weighted by molar-refractivity contribution is 0.544. The monoisotopic (exact) mass is 956 g/mol. The molecule has 1 aliphatic heterocycles. The number of nitrogens with zero attached hydrogens (tertiary/aromatic N) is 2. The third-order valence-corrected chi connectivity index (χ3v) is 17.8. The summed E-state index contributed by atoms with van der Waals surface area (Å²) in [7, 11) is 0. The standard InChI is InChI=1S/C67H44N2OS2/c1-67-41-10-9-24-58(67)62-59(69(67)48-14-3-2-4-15-48)40-39-57-56-23-13-20-51(65(56)72-66(57)62)44-31-37-47(38-32-44)68(45-33-27-42(28-34-45)49-18-11-21-54-52-16-5-7-25-60(52)70-63(49)54)46-35-29-43(30-36-46)50-19-12-22-55-53-17-6-8-26-61(53)71-64(50)55/h2-41,58H,1H3. The first kappa shape index (κ1) is 41.3. The molecule has 5 heteroatoms. The van der Waals surface area contributed by atoms with Crippen LogP contribution in [0.4, 0.5) is 28.4 Å². The van der Waals surface area contributed by atoms with Crippen molar-refractivity contribution >= 4 is 113 Å². The molecule has 0 radical (unpaired) electrons. The second-order valence-electron chi connectivity index (χ2n) is 19.3. The molecular formula is C67H44N2OS2. The number of allylic oxidation sites excluding steroid dienone is 2. The molecule has 0 spiro atoms. The number of hydrogen-bond acceptors (Lipinski definition) is 5. The van der Waals surface area contributed by atoms with Gasteiger partial charge in [0.25, 0.3) is 0 Å². The van der Waals surface area contributed by atoms with Gasteiger partial charge in [0, 0.05) is 96.6 Å². The highest BCUT2D eigenvalue weighted by Crippen LogP contribution is 2.58. The molecule has 0 N–H and O–H groups in total. The maximum absolute atomic E-state index is 6.49. The van der Waals surface area contributed by atoms with Gasteiger partial charge in [0.05, 0.1) is 5.54 Å². The van der Waals surface area contributed by atoms with Crippen LogP contribution < -0.4 is 9.80 Å². The van der Waals surface area contributed by atoms with Gasteiger partial charge in [0.2, 0.25) is 0 Å². The molecule has 0 saturated heterocycles. The molecule has 340 valence electrons. The molecule has 2 unspecified atom stereocenters. The van der Waals surface area contributed by atoms with Gasteiger partial charge in [-0.15, -0.1) is 22.7 Å². The lowest BCUT2D eigenvalue weighted by atomic mass is 9.80. The van der Waals surface area contributed by atoms with Gasteiger partial charge in [0.1, 0.15) is 11.2 Å². The van der Waals surface area contributed by atoms with E-state index in [-0.39, 0.29) is 11.5 Å². The summed E-state index contributed by atoms with van der Waals surface area (Å²) in [6.45, 7) is 2.39. The van der Waals surface area contributed by atoms with E-state index in [0.29, 0.717) is 0 Å². The molecule has 2 atom stereocenters. The lowest BCUT2D eigenvalue weighted by Crippen LogP contribution is -2.41. The van der Waals surface area contributed by atoms with E-state index in [2.05, 4.69) is 247 Å². The number of para-hydroxylation sites is 3. The molecule has 1 aliphatic carbocycles. The van der Waals surface area contributed by atoms with Gasteiger partial charge < -0.3 is 14.2 Å². The smallest absolute Gasteiger partial charge is 0.143 e. The van der Waals surface area contributed by atoms with E-state index in [1.165, 1.54) is 79.5 Å². The number of fused-ring (bicyclic) bond motifs is 13. The number of thiophene rings is 2. The van der Waals surface area contributed by atoms with Crippen molar-refractivity contribution in [3.63, 3.8) is 0 Å². The van der Waals surface area contributed by atoms with E-state index in [1.54, 1.807) is 0 Å². The number of benzene rings is 10. The molecule has 0 bridgehead atoms. The molecule has 10 aromatic carbocycles. The summed E-state index contributed by atoms with van der Waals surface area (Å²) in [4.78, 5) is 4.93. The van der Waals surface area contributed by atoms with Gasteiger partial charge in [0.15, 0.2) is 0 Å². The maximum atomic E-state index is 6.49. The van der Waals surface area contributed by atoms with E-state index in [1.807, 2.05) is 34.8 Å². The van der Waals surface area contributed by atoms with Crippen molar-refractivity contribution in [2.75, 3.05) is 9.80 Å². The molecule has 2 aliphatic rings. The van der Waals surface area contributed by atoms with Crippen LogP contribution in [-0.2, 0) is 0 Å². The van der Waals surface area contributed by atoms with Crippen molar-refractivity contribution in [1.82, 2.24) is 0 Å². The zero-order valence-electron chi connectivity index (χ0n) is 39.3. The average molecular weight is 957 g/mol. The Labute approximate surface area is 425 Å². The van der Waals surface area contributed by atoms with Crippen LogP contribution in [0.3, 0.4) is 0 Å². The summed E-state index contributed by atoms with van der Waals surface area (Å²) >= 11 is 3.82. The van der Waals surface area contributed by atoms with E-state index in [4.69, 9.17) is 4.42 Å². The summed E-state index contributed by atoms with van der Waals surface area (Å²) in [5, 5.41) is 7.52. The molecule has 3 nitrogen and oxygen atoms in total. The van der Waals surface area contributed by atoms with Gasteiger partial charge in [-0.05, 0) is 101 Å². The average Bonchev–Trinajstić information content (AvgIpc) is 4.19. The number of rotatable bonds is 7. The number of furan rings is 1. The van der Waals surface area contributed by atoms with Crippen LogP contribution in [0.15, 0.2) is 247 Å². The van der Waals surface area contributed by atoms with Gasteiger partial charge in [-0.1, -0.05) is 176 Å². The van der Waals surface area contributed by atoms with E-state index < -0.39 is 0 Å². The number of hydrogen-bond donors (Lipinski definition) is 0. The predicted molar refractivity (Wildman–Crippen MR) is 308 cm³/mol. The minimum atomic E-state index is -0.204. The first-order valence-corrected chi connectivity index (χ1v) is 26.3. The van der Waals surface area contributed by atoms with Crippen molar-refractivity contribution in [3.05, 3.63) is 248 Å². The topological polar surface area (TPSA) is 19.6 Å². The fraction of sp³-hybridized carbons (Fsp3) is 0.0448. The second kappa shape index (κ2) is 16.0. The summed E-state index contributed by atoms with van der Waals surface area (Å²) in [5.41, 5.74) is 15.9. The molecule has 0 amide bonds. The minimum absolute atomic E-state index is 0.204. The molecule has 3 aromatic heterocycles. The van der Waals surface area contributed by atoms with Crippen molar-refractivity contribution < 1.29 is 4.42 Å². The fourth-order valence-electron chi connectivity index (χ4n) is 11.9. The van der Waals surface area contributed by atoms with Gasteiger partial charge in [-0.25, -0.2) is 0 Å². The van der Waals surface area contributed by atoms with Crippen molar-refractivity contribution in [2.45, 2.75) is 18.4 Å². The Morgan fingerprint density at radius 1 is 0.444 bits per heavy atom. The third kappa shape index (κ3) is 6.21. The van der Waals surface area contributed by atoms with Crippen molar-refractivity contribution in [3.8, 4) is 33.4 Å². The van der Waals surface area contributed by atoms with Crippen LogP contribution in [0.5, 0.6) is 0 Å². The van der Waals surface area contributed by atoms with Gasteiger partial charge >= 0.3 is 0 Å². The zero-order chi connectivity index (χ0) is 47.5. The molecular weight excluding hydrogens is 913 g/mol. The summed E-state index contributed by atoms with van der Waals surface area (Å²) in [6.07, 6.45) is 9.24. The number of anilines is 5. The molecule has 4 heterocycles. The Kier molecular flexibility index (Phi) is 9.19. The molecule has 15 rings (SSSR count). The van der Waals surface area contributed by atoms with Crippen molar-refractivity contribution in [2.24, 2.45) is 0 Å². The molecule has 13 aromatic rings. The highest BCUT2D eigenvalue weighted by molar-refractivity contribution is 7.27. The first-order chi connectivity index (χ1) is 35.6. The Bertz CT molecular complexity index is 4190. The lowest BCUT2D eigenvalue weighted by Gasteiger charge is -2.39. The van der Waals surface area contributed by atoms with Gasteiger partial charge in [-0.3, -0.25) is 0 Å².